The number of rotatable bonds is 3. The summed E-state index contributed by atoms with van der Waals surface area (Å²) in [6, 6.07) is 7.84. The highest BCUT2D eigenvalue weighted by Crippen LogP contribution is 2.34. The number of pyridine rings is 1. The lowest BCUT2D eigenvalue weighted by molar-refractivity contribution is 0.476. The zero-order chi connectivity index (χ0) is 17.2. The Labute approximate surface area is 146 Å². The van der Waals surface area contributed by atoms with Crippen molar-refractivity contribution in [2.24, 2.45) is 0 Å². The molecule has 1 aliphatic heterocycles. The van der Waals surface area contributed by atoms with E-state index in [1.807, 2.05) is 25.1 Å². The van der Waals surface area contributed by atoms with E-state index in [9.17, 15) is 5.11 Å². The molecule has 1 unspecified atom stereocenters. The van der Waals surface area contributed by atoms with Crippen molar-refractivity contribution in [2.45, 2.75) is 25.8 Å². The van der Waals surface area contributed by atoms with Crippen LogP contribution in [0.3, 0.4) is 0 Å². The van der Waals surface area contributed by atoms with Crippen LogP contribution in [-0.2, 0) is 0 Å². The minimum Gasteiger partial charge on any atom is -0.507 e. The molecule has 1 atom stereocenters. The van der Waals surface area contributed by atoms with Crippen molar-refractivity contribution in [1.29, 1.82) is 0 Å². The molecule has 128 valence electrons. The van der Waals surface area contributed by atoms with Crippen LogP contribution in [0.2, 0.25) is 0 Å². The lowest BCUT2D eigenvalue weighted by Crippen LogP contribution is -2.38. The molecular formula is C19H21N5O. The molecule has 0 spiro atoms. The summed E-state index contributed by atoms with van der Waals surface area (Å²) in [4.78, 5) is 4.25. The summed E-state index contributed by atoms with van der Waals surface area (Å²) >= 11 is 0. The quantitative estimate of drug-likeness (QED) is 0.683. The largest absolute Gasteiger partial charge is 0.507 e. The molecule has 0 bridgehead atoms. The Morgan fingerprint density at radius 3 is 2.92 bits per heavy atom. The first kappa shape index (κ1) is 15.8. The second-order valence-corrected chi connectivity index (χ2v) is 6.53. The number of anilines is 1. The van der Waals surface area contributed by atoms with Gasteiger partial charge in [-0.25, -0.2) is 0 Å². The number of aromatic hydroxyl groups is 1. The third-order valence-corrected chi connectivity index (χ3v) is 4.63. The second kappa shape index (κ2) is 6.64. The highest BCUT2D eigenvalue weighted by Gasteiger charge is 2.18. The van der Waals surface area contributed by atoms with Crippen LogP contribution in [0.1, 0.15) is 18.4 Å². The number of nitrogens with zero attached hydrogens (tertiary/aromatic N) is 3. The number of phenolic OH excluding ortho intramolecular Hbond substituents is 1. The molecule has 1 saturated heterocycles. The summed E-state index contributed by atoms with van der Waals surface area (Å²) in [5, 5.41) is 27.9. The van der Waals surface area contributed by atoms with Crippen LogP contribution in [0.15, 0.2) is 36.7 Å². The van der Waals surface area contributed by atoms with Crippen molar-refractivity contribution in [3.63, 3.8) is 0 Å². The van der Waals surface area contributed by atoms with Crippen molar-refractivity contribution >= 4 is 16.6 Å². The Kier molecular flexibility index (Phi) is 4.19. The number of hydrogen-bond acceptors (Lipinski definition) is 6. The van der Waals surface area contributed by atoms with Crippen molar-refractivity contribution in [3.05, 3.63) is 42.2 Å². The molecule has 3 N–H and O–H groups in total. The van der Waals surface area contributed by atoms with E-state index in [0.717, 1.165) is 48.1 Å². The van der Waals surface area contributed by atoms with Crippen LogP contribution < -0.4 is 10.6 Å². The first-order valence-corrected chi connectivity index (χ1v) is 8.60. The SMILES string of the molecule is Cc1ccc(-c2nnc(NC3CCCNC3)c3cnccc23)c(O)c1. The summed E-state index contributed by atoms with van der Waals surface area (Å²) < 4.78 is 0. The van der Waals surface area contributed by atoms with Crippen molar-refractivity contribution in [3.8, 4) is 17.0 Å². The molecule has 0 saturated carbocycles. The normalized spacial score (nSPS) is 17.6. The number of aryl methyl sites for hydroxylation is 1. The number of aromatic nitrogens is 3. The van der Waals surface area contributed by atoms with Gasteiger partial charge in [0.1, 0.15) is 11.4 Å². The van der Waals surface area contributed by atoms with Crippen LogP contribution in [-0.4, -0.2) is 39.4 Å². The first-order chi connectivity index (χ1) is 12.2. The van der Waals surface area contributed by atoms with Gasteiger partial charge in [0.15, 0.2) is 5.82 Å². The second-order valence-electron chi connectivity index (χ2n) is 6.53. The molecular weight excluding hydrogens is 314 g/mol. The van der Waals surface area contributed by atoms with Gasteiger partial charge in [0.2, 0.25) is 0 Å². The van der Waals surface area contributed by atoms with Crippen molar-refractivity contribution < 1.29 is 5.11 Å². The van der Waals surface area contributed by atoms with Gasteiger partial charge in [-0.15, -0.1) is 10.2 Å². The molecule has 25 heavy (non-hydrogen) atoms. The van der Waals surface area contributed by atoms with Gasteiger partial charge in [-0.3, -0.25) is 4.98 Å². The first-order valence-electron chi connectivity index (χ1n) is 8.60. The molecule has 6 nitrogen and oxygen atoms in total. The van der Waals surface area contributed by atoms with Gasteiger partial charge in [-0.1, -0.05) is 6.07 Å². The maximum Gasteiger partial charge on any atom is 0.158 e. The molecule has 1 aromatic carbocycles. The van der Waals surface area contributed by atoms with E-state index in [0.29, 0.717) is 17.3 Å². The van der Waals surface area contributed by atoms with Gasteiger partial charge in [0, 0.05) is 41.3 Å². The van der Waals surface area contributed by atoms with E-state index < -0.39 is 0 Å². The van der Waals surface area contributed by atoms with E-state index in [4.69, 9.17) is 0 Å². The Balaban J connectivity index is 1.78. The molecule has 1 fully saturated rings. The minimum absolute atomic E-state index is 0.213. The van der Waals surface area contributed by atoms with Gasteiger partial charge in [0.05, 0.1) is 0 Å². The van der Waals surface area contributed by atoms with Crippen LogP contribution in [0.4, 0.5) is 5.82 Å². The third kappa shape index (κ3) is 3.13. The molecule has 0 radical (unpaired) electrons. The van der Waals surface area contributed by atoms with Gasteiger partial charge < -0.3 is 15.7 Å². The molecule has 2 aromatic heterocycles. The van der Waals surface area contributed by atoms with Crippen LogP contribution in [0.5, 0.6) is 5.75 Å². The summed E-state index contributed by atoms with van der Waals surface area (Å²) in [5.74, 6) is 0.955. The van der Waals surface area contributed by atoms with E-state index in [-0.39, 0.29) is 5.75 Å². The number of piperidine rings is 1. The molecule has 4 rings (SSSR count). The summed E-state index contributed by atoms with van der Waals surface area (Å²) in [7, 11) is 0. The number of nitrogens with one attached hydrogen (secondary N) is 2. The Bertz CT molecular complexity index is 905. The highest BCUT2D eigenvalue weighted by atomic mass is 16.3. The van der Waals surface area contributed by atoms with Gasteiger partial charge in [-0.05, 0) is 50.1 Å². The van der Waals surface area contributed by atoms with E-state index >= 15 is 0 Å². The Hall–Kier alpha value is -2.73. The number of fused-ring (bicyclic) bond motifs is 1. The molecule has 0 amide bonds. The summed E-state index contributed by atoms with van der Waals surface area (Å²) in [5.41, 5.74) is 2.35. The zero-order valence-corrected chi connectivity index (χ0v) is 14.2. The zero-order valence-electron chi connectivity index (χ0n) is 14.2. The topological polar surface area (TPSA) is 83.0 Å². The molecule has 3 heterocycles. The van der Waals surface area contributed by atoms with Crippen LogP contribution >= 0.6 is 0 Å². The highest BCUT2D eigenvalue weighted by molar-refractivity contribution is 6.00. The average molecular weight is 335 g/mol. The van der Waals surface area contributed by atoms with E-state index in [2.05, 4.69) is 25.8 Å². The average Bonchev–Trinajstić information content (AvgIpc) is 2.64. The van der Waals surface area contributed by atoms with Crippen LogP contribution in [0, 0.1) is 6.92 Å². The predicted octanol–water partition coefficient (Wildman–Crippen LogP) is 2.87. The number of hydrogen-bond donors (Lipinski definition) is 3. The van der Waals surface area contributed by atoms with Gasteiger partial charge >= 0.3 is 0 Å². The maximum absolute atomic E-state index is 10.3. The third-order valence-electron chi connectivity index (χ3n) is 4.63. The van der Waals surface area contributed by atoms with Gasteiger partial charge in [0.25, 0.3) is 0 Å². The molecule has 0 aliphatic carbocycles. The standard InChI is InChI=1S/C19H21N5O/c1-12-4-5-15(17(25)9-12)18-14-6-8-21-11-16(14)19(24-23-18)22-13-3-2-7-20-10-13/h4-6,8-9,11,13,20,25H,2-3,7,10H2,1H3,(H,22,24). The molecule has 6 heteroatoms. The van der Waals surface area contributed by atoms with Crippen molar-refractivity contribution in [2.75, 3.05) is 18.4 Å². The Morgan fingerprint density at radius 2 is 2.12 bits per heavy atom. The fourth-order valence-corrected chi connectivity index (χ4v) is 3.31. The summed E-state index contributed by atoms with van der Waals surface area (Å²) in [6.07, 6.45) is 5.80. The summed E-state index contributed by atoms with van der Waals surface area (Å²) in [6.45, 7) is 3.93. The lowest BCUT2D eigenvalue weighted by atomic mass is 10.0. The monoisotopic (exact) mass is 335 g/mol. The van der Waals surface area contributed by atoms with E-state index in [1.165, 1.54) is 0 Å². The maximum atomic E-state index is 10.3. The van der Waals surface area contributed by atoms with Crippen LogP contribution in [0.25, 0.3) is 22.0 Å². The fraction of sp³-hybridized carbons (Fsp3) is 0.316. The Morgan fingerprint density at radius 1 is 1.20 bits per heavy atom. The number of phenols is 1. The molecule has 1 aliphatic rings. The van der Waals surface area contributed by atoms with Crippen molar-refractivity contribution in [1.82, 2.24) is 20.5 Å². The fourth-order valence-electron chi connectivity index (χ4n) is 3.31. The van der Waals surface area contributed by atoms with Gasteiger partial charge in [-0.2, -0.15) is 0 Å². The van der Waals surface area contributed by atoms with E-state index in [1.54, 1.807) is 18.5 Å². The minimum atomic E-state index is 0.213. The lowest BCUT2D eigenvalue weighted by Gasteiger charge is -2.24. The number of benzene rings is 1. The smallest absolute Gasteiger partial charge is 0.158 e. The predicted molar refractivity (Wildman–Crippen MR) is 98.7 cm³/mol. The molecule has 3 aromatic rings.